The van der Waals surface area contributed by atoms with Gasteiger partial charge in [-0.3, -0.25) is 15.1 Å². The third-order valence-electron chi connectivity index (χ3n) is 2.88. The molecule has 0 aliphatic carbocycles. The average Bonchev–Trinajstić information content (AvgIpc) is 2.78. The molecular formula is C15H11N3OS. The molecule has 5 heteroatoms. The SMILES string of the molecule is O=C1NC(=S)N/C1=C/c1ccnc(-c2ccccc2)c1. The zero-order valence-electron chi connectivity index (χ0n) is 10.5. The Balaban J connectivity index is 1.95. The van der Waals surface area contributed by atoms with Crippen LogP contribution >= 0.6 is 12.2 Å². The average molecular weight is 281 g/mol. The fourth-order valence-electron chi connectivity index (χ4n) is 1.95. The van der Waals surface area contributed by atoms with Crippen LogP contribution in [-0.4, -0.2) is 16.0 Å². The highest BCUT2D eigenvalue weighted by Crippen LogP contribution is 2.18. The number of aromatic nitrogens is 1. The van der Waals surface area contributed by atoms with Crippen molar-refractivity contribution in [1.82, 2.24) is 15.6 Å². The largest absolute Gasteiger partial charge is 0.328 e. The highest BCUT2D eigenvalue weighted by atomic mass is 32.1. The van der Waals surface area contributed by atoms with Crippen LogP contribution in [0.5, 0.6) is 0 Å². The topological polar surface area (TPSA) is 54.0 Å². The van der Waals surface area contributed by atoms with Gasteiger partial charge in [-0.1, -0.05) is 30.3 Å². The van der Waals surface area contributed by atoms with E-state index < -0.39 is 0 Å². The Morgan fingerprint density at radius 3 is 2.60 bits per heavy atom. The molecule has 98 valence electrons. The lowest BCUT2D eigenvalue weighted by Gasteiger charge is -2.02. The predicted octanol–water partition coefficient (Wildman–Crippen LogP) is 2.09. The molecule has 0 bridgehead atoms. The molecule has 2 aromatic rings. The molecule has 1 amide bonds. The molecular weight excluding hydrogens is 270 g/mol. The van der Waals surface area contributed by atoms with Gasteiger partial charge in [0.2, 0.25) is 0 Å². The van der Waals surface area contributed by atoms with Crippen molar-refractivity contribution < 1.29 is 4.79 Å². The fourth-order valence-corrected chi connectivity index (χ4v) is 2.16. The van der Waals surface area contributed by atoms with Gasteiger partial charge in [0.25, 0.3) is 5.91 Å². The number of benzene rings is 1. The second-order valence-electron chi connectivity index (χ2n) is 4.31. The Bertz CT molecular complexity index is 710. The fraction of sp³-hybridized carbons (Fsp3) is 0. The molecule has 1 aliphatic heterocycles. The maximum absolute atomic E-state index is 11.6. The van der Waals surface area contributed by atoms with Crippen LogP contribution in [0.4, 0.5) is 0 Å². The first-order valence-corrected chi connectivity index (χ1v) is 6.49. The molecule has 1 aromatic carbocycles. The van der Waals surface area contributed by atoms with Gasteiger partial charge in [-0.05, 0) is 36.0 Å². The molecule has 0 spiro atoms. The van der Waals surface area contributed by atoms with Gasteiger partial charge in [0.15, 0.2) is 5.11 Å². The second kappa shape index (κ2) is 5.22. The van der Waals surface area contributed by atoms with Gasteiger partial charge in [0, 0.05) is 11.8 Å². The van der Waals surface area contributed by atoms with Crippen LogP contribution in [0, 0.1) is 0 Å². The summed E-state index contributed by atoms with van der Waals surface area (Å²) >= 11 is 4.90. The maximum Gasteiger partial charge on any atom is 0.273 e. The molecule has 20 heavy (non-hydrogen) atoms. The summed E-state index contributed by atoms with van der Waals surface area (Å²) in [7, 11) is 0. The van der Waals surface area contributed by atoms with Crippen LogP contribution in [0.1, 0.15) is 5.56 Å². The summed E-state index contributed by atoms with van der Waals surface area (Å²) in [5, 5.41) is 5.69. The third-order valence-corrected chi connectivity index (χ3v) is 3.09. The number of hydrogen-bond donors (Lipinski definition) is 2. The lowest BCUT2D eigenvalue weighted by Crippen LogP contribution is -2.21. The molecule has 1 aromatic heterocycles. The van der Waals surface area contributed by atoms with E-state index in [2.05, 4.69) is 15.6 Å². The highest BCUT2D eigenvalue weighted by Gasteiger charge is 2.19. The van der Waals surface area contributed by atoms with E-state index in [1.165, 1.54) is 0 Å². The molecule has 3 rings (SSSR count). The molecule has 0 radical (unpaired) electrons. The molecule has 0 atom stereocenters. The van der Waals surface area contributed by atoms with Gasteiger partial charge in [-0.2, -0.15) is 0 Å². The van der Waals surface area contributed by atoms with Crippen molar-refractivity contribution in [1.29, 1.82) is 0 Å². The van der Waals surface area contributed by atoms with E-state index in [4.69, 9.17) is 12.2 Å². The van der Waals surface area contributed by atoms with E-state index in [9.17, 15) is 4.79 Å². The molecule has 1 saturated heterocycles. The summed E-state index contributed by atoms with van der Waals surface area (Å²) in [6.45, 7) is 0. The minimum absolute atomic E-state index is 0.215. The first kappa shape index (κ1) is 12.5. The summed E-state index contributed by atoms with van der Waals surface area (Å²) in [4.78, 5) is 15.9. The predicted molar refractivity (Wildman–Crippen MR) is 81.5 cm³/mol. The third kappa shape index (κ3) is 2.57. The smallest absolute Gasteiger partial charge is 0.273 e. The summed E-state index contributed by atoms with van der Waals surface area (Å²) in [5.74, 6) is -0.215. The summed E-state index contributed by atoms with van der Waals surface area (Å²) in [6.07, 6.45) is 3.47. The quantitative estimate of drug-likeness (QED) is 0.654. The lowest BCUT2D eigenvalue weighted by atomic mass is 10.1. The number of nitrogens with one attached hydrogen (secondary N) is 2. The van der Waals surface area contributed by atoms with Crippen LogP contribution in [0.3, 0.4) is 0 Å². The van der Waals surface area contributed by atoms with Gasteiger partial charge >= 0.3 is 0 Å². The summed E-state index contributed by atoms with van der Waals surface area (Å²) < 4.78 is 0. The first-order valence-electron chi connectivity index (χ1n) is 6.08. The number of amides is 1. The number of carbonyl (C=O) groups excluding carboxylic acids is 1. The summed E-state index contributed by atoms with van der Waals surface area (Å²) in [5.41, 5.74) is 3.23. The van der Waals surface area contributed by atoms with E-state index in [0.717, 1.165) is 16.8 Å². The van der Waals surface area contributed by atoms with Crippen LogP contribution in [0.25, 0.3) is 17.3 Å². The normalized spacial score (nSPS) is 16.1. The van der Waals surface area contributed by atoms with Crippen LogP contribution in [0.15, 0.2) is 54.4 Å². The maximum atomic E-state index is 11.6. The van der Waals surface area contributed by atoms with Gasteiger partial charge in [-0.15, -0.1) is 0 Å². The van der Waals surface area contributed by atoms with E-state index >= 15 is 0 Å². The molecule has 0 unspecified atom stereocenters. The molecule has 2 heterocycles. The number of thiocarbonyl (C=S) groups is 1. The number of pyridine rings is 1. The zero-order chi connectivity index (χ0) is 13.9. The number of hydrogen-bond acceptors (Lipinski definition) is 3. The van der Waals surface area contributed by atoms with E-state index in [0.29, 0.717) is 10.8 Å². The Kier molecular flexibility index (Phi) is 3.26. The molecule has 1 fully saturated rings. The minimum atomic E-state index is -0.215. The van der Waals surface area contributed by atoms with Gasteiger partial charge in [0.05, 0.1) is 5.69 Å². The van der Waals surface area contributed by atoms with E-state index in [-0.39, 0.29) is 5.91 Å². The zero-order valence-corrected chi connectivity index (χ0v) is 11.3. The molecule has 1 aliphatic rings. The lowest BCUT2D eigenvalue weighted by molar-refractivity contribution is -0.115. The van der Waals surface area contributed by atoms with Crippen LogP contribution in [0.2, 0.25) is 0 Å². The van der Waals surface area contributed by atoms with Crippen molar-refractivity contribution in [3.05, 3.63) is 59.9 Å². The van der Waals surface area contributed by atoms with Gasteiger partial charge < -0.3 is 5.32 Å². The van der Waals surface area contributed by atoms with Crippen molar-refractivity contribution in [3.63, 3.8) is 0 Å². The van der Waals surface area contributed by atoms with Crippen molar-refractivity contribution in [2.45, 2.75) is 0 Å². The summed E-state index contributed by atoms with van der Waals surface area (Å²) in [6, 6.07) is 13.7. The van der Waals surface area contributed by atoms with E-state index in [1.54, 1.807) is 12.3 Å². The number of rotatable bonds is 2. The first-order chi connectivity index (χ1) is 9.72. The van der Waals surface area contributed by atoms with E-state index in [1.807, 2.05) is 42.5 Å². The Morgan fingerprint density at radius 2 is 1.90 bits per heavy atom. The van der Waals surface area contributed by atoms with Crippen molar-refractivity contribution >= 4 is 29.3 Å². The van der Waals surface area contributed by atoms with Crippen molar-refractivity contribution in [2.24, 2.45) is 0 Å². The van der Waals surface area contributed by atoms with Crippen molar-refractivity contribution in [3.8, 4) is 11.3 Å². The second-order valence-corrected chi connectivity index (χ2v) is 4.71. The molecule has 0 saturated carbocycles. The van der Waals surface area contributed by atoms with Gasteiger partial charge in [0.1, 0.15) is 5.70 Å². The molecule has 2 N–H and O–H groups in total. The Labute approximate surface area is 121 Å². The Hall–Kier alpha value is -2.53. The standard InChI is InChI=1S/C15H11N3OS/c19-14-13(17-15(20)18-14)9-10-6-7-16-12(8-10)11-4-2-1-3-5-11/h1-9H,(H2,17,18,19,20)/b13-9+. The minimum Gasteiger partial charge on any atom is -0.328 e. The van der Waals surface area contributed by atoms with Crippen LogP contribution in [-0.2, 0) is 4.79 Å². The Morgan fingerprint density at radius 1 is 1.10 bits per heavy atom. The monoisotopic (exact) mass is 281 g/mol. The highest BCUT2D eigenvalue weighted by molar-refractivity contribution is 7.80. The molecule has 4 nitrogen and oxygen atoms in total. The van der Waals surface area contributed by atoms with Crippen molar-refractivity contribution in [2.75, 3.05) is 0 Å². The number of nitrogens with zero attached hydrogens (tertiary/aromatic N) is 1. The van der Waals surface area contributed by atoms with Gasteiger partial charge in [-0.25, -0.2) is 0 Å². The number of carbonyl (C=O) groups is 1. The van der Waals surface area contributed by atoms with Crippen LogP contribution < -0.4 is 10.6 Å².